The summed E-state index contributed by atoms with van der Waals surface area (Å²) in [5.74, 6) is 0. The first kappa shape index (κ1) is 13.9. The maximum Gasteiger partial charge on any atom is 0.0595 e. The van der Waals surface area contributed by atoms with Crippen molar-refractivity contribution in [1.82, 2.24) is 5.32 Å². The molecule has 0 amide bonds. The van der Waals surface area contributed by atoms with E-state index < -0.39 is 0 Å². The topological polar surface area (TPSA) is 12.0 Å². The highest BCUT2D eigenvalue weighted by Crippen LogP contribution is 2.31. The molecule has 0 aliphatic heterocycles. The second-order valence-corrected chi connectivity index (χ2v) is 6.03. The smallest absolute Gasteiger partial charge is 0.0595 e. The minimum atomic E-state index is 0.177. The van der Waals surface area contributed by atoms with E-state index in [0.717, 1.165) is 12.1 Å². The number of nitrogens with one attached hydrogen (secondary N) is 1. The van der Waals surface area contributed by atoms with Gasteiger partial charge in [-0.1, -0.05) is 36.2 Å². The molecular formula is C14H15Cl2NS. The highest BCUT2D eigenvalue weighted by molar-refractivity contribution is 7.10. The van der Waals surface area contributed by atoms with Gasteiger partial charge in [0, 0.05) is 4.88 Å². The molecule has 1 aromatic heterocycles. The van der Waals surface area contributed by atoms with Gasteiger partial charge >= 0.3 is 0 Å². The molecule has 0 radical (unpaired) electrons. The van der Waals surface area contributed by atoms with Crippen molar-refractivity contribution in [3.8, 4) is 0 Å². The Bertz CT molecular complexity index is 536. The predicted molar refractivity (Wildman–Crippen MR) is 81.0 cm³/mol. The zero-order valence-electron chi connectivity index (χ0n) is 10.3. The van der Waals surface area contributed by atoms with Crippen LogP contribution in [0.3, 0.4) is 0 Å². The fourth-order valence-electron chi connectivity index (χ4n) is 2.00. The Balaban J connectivity index is 2.41. The first-order valence-electron chi connectivity index (χ1n) is 5.85. The van der Waals surface area contributed by atoms with Crippen molar-refractivity contribution in [2.45, 2.75) is 19.9 Å². The number of halogens is 2. The summed E-state index contributed by atoms with van der Waals surface area (Å²) in [6.45, 7) is 5.15. The molecular weight excluding hydrogens is 285 g/mol. The number of aryl methyl sites for hydroxylation is 1. The molecule has 1 heterocycles. The van der Waals surface area contributed by atoms with Gasteiger partial charge in [0.15, 0.2) is 0 Å². The van der Waals surface area contributed by atoms with Gasteiger partial charge in [0.05, 0.1) is 16.1 Å². The van der Waals surface area contributed by atoms with Crippen LogP contribution in [0.25, 0.3) is 0 Å². The summed E-state index contributed by atoms with van der Waals surface area (Å²) < 4.78 is 0. The van der Waals surface area contributed by atoms with E-state index in [-0.39, 0.29) is 6.04 Å². The van der Waals surface area contributed by atoms with Crippen LogP contribution in [0.2, 0.25) is 10.0 Å². The van der Waals surface area contributed by atoms with Crippen molar-refractivity contribution >= 4 is 34.5 Å². The Kier molecular flexibility index (Phi) is 4.68. The van der Waals surface area contributed by atoms with Crippen molar-refractivity contribution in [2.24, 2.45) is 0 Å². The normalized spacial score (nSPS) is 12.7. The predicted octanol–water partition coefficient (Wildman–Crippen LogP) is 5.06. The average molecular weight is 300 g/mol. The van der Waals surface area contributed by atoms with E-state index in [1.165, 1.54) is 10.4 Å². The van der Waals surface area contributed by atoms with E-state index in [0.29, 0.717) is 10.0 Å². The largest absolute Gasteiger partial charge is 0.306 e. The van der Waals surface area contributed by atoms with Crippen LogP contribution in [0, 0.1) is 6.92 Å². The Morgan fingerprint density at radius 3 is 2.56 bits per heavy atom. The fraction of sp³-hybridized carbons (Fsp3) is 0.286. The fourth-order valence-corrected chi connectivity index (χ4v) is 3.04. The second kappa shape index (κ2) is 6.07. The molecule has 96 valence electrons. The summed E-state index contributed by atoms with van der Waals surface area (Å²) in [4.78, 5) is 1.33. The summed E-state index contributed by atoms with van der Waals surface area (Å²) in [7, 11) is 0. The lowest BCUT2D eigenvalue weighted by atomic mass is 9.99. The number of benzene rings is 1. The van der Waals surface area contributed by atoms with Gasteiger partial charge in [-0.3, -0.25) is 0 Å². The molecule has 4 heteroatoms. The highest BCUT2D eigenvalue weighted by Gasteiger charge is 2.16. The molecule has 18 heavy (non-hydrogen) atoms. The van der Waals surface area contributed by atoms with E-state index in [4.69, 9.17) is 23.2 Å². The van der Waals surface area contributed by atoms with E-state index in [1.54, 1.807) is 11.3 Å². The van der Waals surface area contributed by atoms with Crippen LogP contribution in [0.4, 0.5) is 0 Å². The van der Waals surface area contributed by atoms with Crippen molar-refractivity contribution in [3.63, 3.8) is 0 Å². The van der Waals surface area contributed by atoms with E-state index in [9.17, 15) is 0 Å². The Hall–Kier alpha value is -0.540. The van der Waals surface area contributed by atoms with Gasteiger partial charge < -0.3 is 5.32 Å². The van der Waals surface area contributed by atoms with Crippen LogP contribution in [0.15, 0.2) is 29.6 Å². The number of hydrogen-bond donors (Lipinski definition) is 1. The maximum atomic E-state index is 6.10. The molecule has 0 aliphatic carbocycles. The molecule has 0 spiro atoms. The van der Waals surface area contributed by atoms with Gasteiger partial charge in [-0.2, -0.15) is 0 Å². The lowest BCUT2D eigenvalue weighted by molar-refractivity contribution is 0.630. The molecule has 0 fully saturated rings. The van der Waals surface area contributed by atoms with Crippen LogP contribution in [0.1, 0.15) is 29.0 Å². The zero-order valence-corrected chi connectivity index (χ0v) is 12.7. The average Bonchev–Trinajstić information content (AvgIpc) is 2.76. The summed E-state index contributed by atoms with van der Waals surface area (Å²) in [6, 6.07) is 8.16. The summed E-state index contributed by atoms with van der Waals surface area (Å²) in [5.41, 5.74) is 2.45. The second-order valence-electron chi connectivity index (χ2n) is 4.10. The van der Waals surface area contributed by atoms with E-state index in [2.05, 4.69) is 30.6 Å². The Morgan fingerprint density at radius 2 is 2.00 bits per heavy atom. The number of thiophene rings is 1. The molecule has 0 bridgehead atoms. The molecule has 0 saturated heterocycles. The standard InChI is InChI=1S/C14H15Cl2NS/c1-3-17-14(11-6-7-18-9(11)2)10-4-5-12(15)13(16)8-10/h4-8,14,17H,3H2,1-2H3. The van der Waals surface area contributed by atoms with Crippen molar-refractivity contribution in [2.75, 3.05) is 6.54 Å². The van der Waals surface area contributed by atoms with Crippen LogP contribution < -0.4 is 5.32 Å². The molecule has 1 nitrogen and oxygen atoms in total. The number of hydrogen-bond acceptors (Lipinski definition) is 2. The SMILES string of the molecule is CCNC(c1ccc(Cl)c(Cl)c1)c1ccsc1C. The number of rotatable bonds is 4. The Morgan fingerprint density at radius 1 is 1.22 bits per heavy atom. The molecule has 0 saturated carbocycles. The third-order valence-corrected chi connectivity index (χ3v) is 4.50. The minimum Gasteiger partial charge on any atom is -0.306 e. The lowest BCUT2D eigenvalue weighted by Gasteiger charge is -2.19. The van der Waals surface area contributed by atoms with Crippen LogP contribution >= 0.6 is 34.5 Å². The molecule has 2 rings (SSSR count). The van der Waals surface area contributed by atoms with Gasteiger partial charge in [-0.05, 0) is 48.2 Å². The van der Waals surface area contributed by atoms with Crippen LogP contribution in [0.5, 0.6) is 0 Å². The Labute approximate surface area is 122 Å². The van der Waals surface area contributed by atoms with Gasteiger partial charge in [0.1, 0.15) is 0 Å². The first-order chi connectivity index (χ1) is 8.63. The molecule has 0 aliphatic rings. The van der Waals surface area contributed by atoms with Crippen molar-refractivity contribution in [1.29, 1.82) is 0 Å². The van der Waals surface area contributed by atoms with Crippen molar-refractivity contribution in [3.05, 3.63) is 55.7 Å². The molecule has 2 aromatic rings. The molecule has 1 unspecified atom stereocenters. The van der Waals surface area contributed by atoms with Gasteiger partial charge in [0.25, 0.3) is 0 Å². The zero-order chi connectivity index (χ0) is 13.1. The highest BCUT2D eigenvalue weighted by atomic mass is 35.5. The maximum absolute atomic E-state index is 6.10. The quantitative estimate of drug-likeness (QED) is 0.832. The van der Waals surface area contributed by atoms with E-state index >= 15 is 0 Å². The van der Waals surface area contributed by atoms with Gasteiger partial charge in [0.2, 0.25) is 0 Å². The molecule has 1 atom stereocenters. The third kappa shape index (κ3) is 2.89. The summed E-state index contributed by atoms with van der Waals surface area (Å²) in [5, 5.41) is 6.81. The lowest BCUT2D eigenvalue weighted by Crippen LogP contribution is -2.22. The van der Waals surface area contributed by atoms with Crippen molar-refractivity contribution < 1.29 is 0 Å². The van der Waals surface area contributed by atoms with Gasteiger partial charge in [-0.15, -0.1) is 11.3 Å². The monoisotopic (exact) mass is 299 g/mol. The summed E-state index contributed by atoms with van der Waals surface area (Å²) >= 11 is 13.8. The summed E-state index contributed by atoms with van der Waals surface area (Å²) in [6.07, 6.45) is 0. The van der Waals surface area contributed by atoms with E-state index in [1.807, 2.05) is 18.2 Å². The van der Waals surface area contributed by atoms with Crippen LogP contribution in [-0.2, 0) is 0 Å². The van der Waals surface area contributed by atoms with Crippen LogP contribution in [-0.4, -0.2) is 6.54 Å². The third-order valence-electron chi connectivity index (χ3n) is 2.90. The minimum absolute atomic E-state index is 0.177. The van der Waals surface area contributed by atoms with Gasteiger partial charge in [-0.25, -0.2) is 0 Å². The molecule has 1 aromatic carbocycles. The first-order valence-corrected chi connectivity index (χ1v) is 7.49. The molecule has 1 N–H and O–H groups in total.